The summed E-state index contributed by atoms with van der Waals surface area (Å²) in [7, 11) is 0. The lowest BCUT2D eigenvalue weighted by atomic mass is 10.1. The summed E-state index contributed by atoms with van der Waals surface area (Å²) in [4.78, 5) is 4.50. The Kier molecular flexibility index (Phi) is 5.02. The summed E-state index contributed by atoms with van der Waals surface area (Å²) < 4.78 is 0. The zero-order chi connectivity index (χ0) is 16.8. The van der Waals surface area contributed by atoms with E-state index in [-0.39, 0.29) is 0 Å². The molecule has 0 unspecified atom stereocenters. The van der Waals surface area contributed by atoms with Crippen LogP contribution in [0.2, 0.25) is 0 Å². The van der Waals surface area contributed by atoms with Gasteiger partial charge in [-0.1, -0.05) is 84.0 Å². The quantitative estimate of drug-likeness (QED) is 0.572. The minimum absolute atomic E-state index is 0.961. The Labute approximate surface area is 144 Å². The van der Waals surface area contributed by atoms with E-state index in [0.717, 1.165) is 11.3 Å². The van der Waals surface area contributed by atoms with E-state index in [4.69, 9.17) is 0 Å². The fraction of sp³-hybridized carbons (Fsp3) is 0.0870. The van der Waals surface area contributed by atoms with Crippen LogP contribution < -0.4 is 0 Å². The third-order valence-electron chi connectivity index (χ3n) is 3.88. The number of hydrogen-bond donors (Lipinski definition) is 0. The average Bonchev–Trinajstić information content (AvgIpc) is 2.62. The van der Waals surface area contributed by atoms with E-state index in [9.17, 15) is 0 Å². The highest BCUT2D eigenvalue weighted by Crippen LogP contribution is 2.11. The van der Waals surface area contributed by atoms with Crippen molar-refractivity contribution < 1.29 is 0 Å². The van der Waals surface area contributed by atoms with E-state index in [1.165, 1.54) is 22.3 Å². The molecule has 3 aromatic rings. The molecule has 0 fully saturated rings. The van der Waals surface area contributed by atoms with Gasteiger partial charge in [-0.2, -0.15) is 0 Å². The highest BCUT2D eigenvalue weighted by atomic mass is 14.7. The highest BCUT2D eigenvalue weighted by Gasteiger charge is 1.92. The molecule has 0 aliphatic carbocycles. The van der Waals surface area contributed by atoms with Gasteiger partial charge < -0.3 is 0 Å². The minimum Gasteiger partial charge on any atom is -0.256 e. The van der Waals surface area contributed by atoms with Crippen LogP contribution in [0.15, 0.2) is 66.9 Å². The van der Waals surface area contributed by atoms with Crippen LogP contribution >= 0.6 is 0 Å². The number of rotatable bonds is 4. The Morgan fingerprint density at radius 1 is 0.542 bits per heavy atom. The summed E-state index contributed by atoms with van der Waals surface area (Å²) in [6.45, 7) is 4.19. The maximum Gasteiger partial charge on any atom is 0.0630 e. The minimum atomic E-state index is 0.961. The zero-order valence-electron chi connectivity index (χ0n) is 14.1. The Balaban J connectivity index is 1.66. The number of hydrogen-bond acceptors (Lipinski definition) is 1. The molecule has 0 N–H and O–H groups in total. The van der Waals surface area contributed by atoms with Crippen molar-refractivity contribution in [3.8, 4) is 0 Å². The molecule has 24 heavy (non-hydrogen) atoms. The summed E-state index contributed by atoms with van der Waals surface area (Å²) in [6.07, 6.45) is 10.2. The lowest BCUT2D eigenvalue weighted by Crippen LogP contribution is -1.82. The molecule has 0 radical (unpaired) electrons. The fourth-order valence-electron chi connectivity index (χ4n) is 2.34. The summed E-state index contributed by atoms with van der Waals surface area (Å²) in [5, 5.41) is 0. The zero-order valence-corrected chi connectivity index (χ0v) is 14.1. The lowest BCUT2D eigenvalue weighted by Gasteiger charge is -1.98. The van der Waals surface area contributed by atoms with Gasteiger partial charge in [0.25, 0.3) is 0 Å². The summed E-state index contributed by atoms with van der Waals surface area (Å²) in [5.74, 6) is 0. The number of pyridine rings is 1. The maximum absolute atomic E-state index is 4.50. The third kappa shape index (κ3) is 4.53. The fourth-order valence-corrected chi connectivity index (χ4v) is 2.34. The predicted octanol–water partition coefficient (Wildman–Crippen LogP) is 6.04. The molecule has 3 rings (SSSR count). The van der Waals surface area contributed by atoms with E-state index < -0.39 is 0 Å². The Hall–Kier alpha value is -2.93. The van der Waals surface area contributed by atoms with Crippen LogP contribution in [-0.2, 0) is 0 Å². The largest absolute Gasteiger partial charge is 0.256 e. The van der Waals surface area contributed by atoms with Crippen molar-refractivity contribution in [2.45, 2.75) is 13.8 Å². The molecular formula is C23H21N. The topological polar surface area (TPSA) is 12.9 Å². The first-order valence-electron chi connectivity index (χ1n) is 8.15. The van der Waals surface area contributed by atoms with Crippen LogP contribution in [0.5, 0.6) is 0 Å². The van der Waals surface area contributed by atoms with Gasteiger partial charge in [0.1, 0.15) is 0 Å². The SMILES string of the molecule is Cc1ccc(C=Cc2ccc(C=Cc3ccc(C)cc3)nc2)cc1. The van der Waals surface area contributed by atoms with E-state index in [1.807, 2.05) is 18.3 Å². The molecular weight excluding hydrogens is 290 g/mol. The standard InChI is InChI=1S/C23H21N/c1-18-3-7-20(8-4-18)11-12-22-14-16-23(24-17-22)15-13-21-9-5-19(2)6-10-21/h3-17H,1-2H3. The molecule has 0 aliphatic rings. The first-order valence-corrected chi connectivity index (χ1v) is 8.15. The molecule has 0 spiro atoms. The summed E-state index contributed by atoms with van der Waals surface area (Å²) in [6, 6.07) is 21.1. The first-order chi connectivity index (χ1) is 11.7. The van der Waals surface area contributed by atoms with Gasteiger partial charge in [0.15, 0.2) is 0 Å². The van der Waals surface area contributed by atoms with Crippen molar-refractivity contribution >= 4 is 24.3 Å². The number of benzene rings is 2. The molecule has 1 nitrogen and oxygen atoms in total. The van der Waals surface area contributed by atoms with Gasteiger partial charge in [-0.3, -0.25) is 4.98 Å². The van der Waals surface area contributed by atoms with Gasteiger partial charge in [-0.15, -0.1) is 0 Å². The number of nitrogens with zero attached hydrogens (tertiary/aromatic N) is 1. The molecule has 0 saturated heterocycles. The molecule has 1 heterocycles. The van der Waals surface area contributed by atoms with Crippen LogP contribution in [0.25, 0.3) is 24.3 Å². The van der Waals surface area contributed by atoms with Gasteiger partial charge in [0.05, 0.1) is 5.69 Å². The van der Waals surface area contributed by atoms with Gasteiger partial charge in [0.2, 0.25) is 0 Å². The number of aryl methyl sites for hydroxylation is 2. The molecule has 0 aliphatic heterocycles. The van der Waals surface area contributed by atoms with Crippen molar-refractivity contribution in [2.75, 3.05) is 0 Å². The average molecular weight is 311 g/mol. The second-order valence-corrected chi connectivity index (χ2v) is 6.00. The smallest absolute Gasteiger partial charge is 0.0630 e. The van der Waals surface area contributed by atoms with Crippen LogP contribution in [0, 0.1) is 13.8 Å². The molecule has 0 bridgehead atoms. The van der Waals surface area contributed by atoms with Crippen molar-refractivity contribution in [3.63, 3.8) is 0 Å². The predicted molar refractivity (Wildman–Crippen MR) is 104 cm³/mol. The molecule has 1 aromatic heterocycles. The number of aromatic nitrogens is 1. The van der Waals surface area contributed by atoms with Crippen LogP contribution in [0.4, 0.5) is 0 Å². The van der Waals surface area contributed by atoms with E-state index in [0.29, 0.717) is 0 Å². The van der Waals surface area contributed by atoms with Crippen molar-refractivity contribution in [3.05, 3.63) is 100 Å². The second-order valence-electron chi connectivity index (χ2n) is 6.00. The van der Waals surface area contributed by atoms with Crippen molar-refractivity contribution in [2.24, 2.45) is 0 Å². The van der Waals surface area contributed by atoms with Crippen molar-refractivity contribution in [1.29, 1.82) is 0 Å². The molecule has 118 valence electrons. The Bertz CT molecular complexity index is 762. The van der Waals surface area contributed by atoms with E-state index >= 15 is 0 Å². The summed E-state index contributed by atoms with van der Waals surface area (Å²) >= 11 is 0. The molecule has 0 saturated carbocycles. The van der Waals surface area contributed by atoms with Crippen LogP contribution in [0.3, 0.4) is 0 Å². The van der Waals surface area contributed by atoms with E-state index in [1.54, 1.807) is 0 Å². The normalized spacial score (nSPS) is 11.4. The lowest BCUT2D eigenvalue weighted by molar-refractivity contribution is 1.29. The highest BCUT2D eigenvalue weighted by molar-refractivity contribution is 5.71. The molecule has 2 aromatic carbocycles. The van der Waals surface area contributed by atoms with Crippen molar-refractivity contribution in [1.82, 2.24) is 4.98 Å². The molecule has 0 atom stereocenters. The van der Waals surface area contributed by atoms with Gasteiger partial charge >= 0.3 is 0 Å². The first kappa shape index (κ1) is 15.9. The second kappa shape index (κ2) is 7.56. The van der Waals surface area contributed by atoms with Gasteiger partial charge in [-0.25, -0.2) is 0 Å². The monoisotopic (exact) mass is 311 g/mol. The molecule has 1 heteroatoms. The van der Waals surface area contributed by atoms with E-state index in [2.05, 4.69) is 91.7 Å². The Morgan fingerprint density at radius 3 is 1.50 bits per heavy atom. The maximum atomic E-state index is 4.50. The van der Waals surface area contributed by atoms with Gasteiger partial charge in [0, 0.05) is 6.20 Å². The van der Waals surface area contributed by atoms with Crippen LogP contribution in [0.1, 0.15) is 33.5 Å². The third-order valence-corrected chi connectivity index (χ3v) is 3.88. The van der Waals surface area contributed by atoms with Crippen LogP contribution in [-0.4, -0.2) is 4.98 Å². The van der Waals surface area contributed by atoms with Gasteiger partial charge in [-0.05, 0) is 42.7 Å². The molecule has 0 amide bonds. The summed E-state index contributed by atoms with van der Waals surface area (Å²) in [5.41, 5.74) is 6.99. The Morgan fingerprint density at radius 2 is 1.00 bits per heavy atom.